The molecule has 2 nitrogen and oxygen atoms in total. The fraction of sp³-hybridized carbons (Fsp3) is 1.00. The molecule has 1 aliphatic heterocycles. The van der Waals surface area contributed by atoms with Crippen molar-refractivity contribution in [2.75, 3.05) is 13.1 Å². The van der Waals surface area contributed by atoms with Gasteiger partial charge in [0, 0.05) is 12.1 Å². The predicted octanol–water partition coefficient (Wildman–Crippen LogP) is 2.38. The van der Waals surface area contributed by atoms with Crippen LogP contribution >= 0.6 is 0 Å². The third-order valence-corrected chi connectivity index (χ3v) is 4.31. The summed E-state index contributed by atoms with van der Waals surface area (Å²) in [6, 6.07) is 1.35. The van der Waals surface area contributed by atoms with E-state index in [1.807, 2.05) is 0 Å². The van der Waals surface area contributed by atoms with Crippen LogP contribution in [0.25, 0.3) is 0 Å². The third-order valence-electron chi connectivity index (χ3n) is 4.31. The largest absolute Gasteiger partial charge is 0.328 e. The Bertz CT molecular complexity index is 185. The number of rotatable bonds is 1. The van der Waals surface area contributed by atoms with Gasteiger partial charge in [0.1, 0.15) is 0 Å². The lowest BCUT2D eigenvalue weighted by molar-refractivity contribution is 0.153. The Kier molecular flexibility index (Phi) is 4.04. The molecule has 88 valence electrons. The fourth-order valence-corrected chi connectivity index (χ4v) is 3.12. The Hall–Kier alpha value is -0.0800. The number of likely N-dealkylation sites (tertiary alicyclic amines) is 1. The second-order valence-corrected chi connectivity index (χ2v) is 5.64. The Morgan fingerprint density at radius 3 is 2.40 bits per heavy atom. The zero-order valence-electron chi connectivity index (χ0n) is 10.1. The predicted molar refractivity (Wildman–Crippen MR) is 64.8 cm³/mol. The number of hydrogen-bond acceptors (Lipinski definition) is 2. The fourth-order valence-electron chi connectivity index (χ4n) is 3.12. The van der Waals surface area contributed by atoms with Crippen LogP contribution in [0.1, 0.15) is 51.9 Å². The lowest BCUT2D eigenvalue weighted by Gasteiger charge is -2.35. The molecule has 1 unspecified atom stereocenters. The minimum atomic E-state index is 0.493. The molecule has 1 aliphatic carbocycles. The van der Waals surface area contributed by atoms with Crippen LogP contribution in [-0.2, 0) is 0 Å². The van der Waals surface area contributed by atoms with Crippen molar-refractivity contribution in [3.8, 4) is 0 Å². The van der Waals surface area contributed by atoms with Gasteiger partial charge in [0.25, 0.3) is 0 Å². The number of nitrogens with zero attached hydrogens (tertiary/aromatic N) is 1. The molecule has 1 saturated heterocycles. The summed E-state index contributed by atoms with van der Waals surface area (Å²) in [5, 5.41) is 0. The molecule has 2 heteroatoms. The van der Waals surface area contributed by atoms with E-state index in [-0.39, 0.29) is 0 Å². The third kappa shape index (κ3) is 3.18. The minimum Gasteiger partial charge on any atom is -0.328 e. The lowest BCUT2D eigenvalue weighted by atomic mass is 9.90. The van der Waals surface area contributed by atoms with Crippen LogP contribution in [0.5, 0.6) is 0 Å². The van der Waals surface area contributed by atoms with Crippen molar-refractivity contribution in [3.05, 3.63) is 0 Å². The highest BCUT2D eigenvalue weighted by atomic mass is 15.2. The van der Waals surface area contributed by atoms with Crippen LogP contribution in [0, 0.1) is 5.92 Å². The molecule has 0 radical (unpaired) electrons. The quantitative estimate of drug-likeness (QED) is 0.720. The molecule has 2 N–H and O–H groups in total. The van der Waals surface area contributed by atoms with Gasteiger partial charge < -0.3 is 10.6 Å². The molecule has 0 spiro atoms. The number of hydrogen-bond donors (Lipinski definition) is 1. The first kappa shape index (κ1) is 11.4. The van der Waals surface area contributed by atoms with Crippen LogP contribution in [-0.4, -0.2) is 30.1 Å². The van der Waals surface area contributed by atoms with E-state index in [4.69, 9.17) is 5.73 Å². The molecular formula is C13H26N2. The van der Waals surface area contributed by atoms with Crippen molar-refractivity contribution in [2.24, 2.45) is 11.7 Å². The summed E-state index contributed by atoms with van der Waals surface area (Å²) in [5.41, 5.74) is 5.96. The molecule has 1 atom stereocenters. The summed E-state index contributed by atoms with van der Waals surface area (Å²) in [6.45, 7) is 5.08. The molecule has 0 aromatic heterocycles. The summed E-state index contributed by atoms with van der Waals surface area (Å²) in [6.07, 6.45) is 9.42. The molecule has 2 fully saturated rings. The van der Waals surface area contributed by atoms with Crippen LogP contribution < -0.4 is 5.73 Å². The second-order valence-electron chi connectivity index (χ2n) is 5.64. The van der Waals surface area contributed by atoms with Crippen molar-refractivity contribution in [1.29, 1.82) is 0 Å². The Morgan fingerprint density at radius 1 is 0.933 bits per heavy atom. The molecule has 1 heterocycles. The van der Waals surface area contributed by atoms with Gasteiger partial charge in [-0.1, -0.05) is 6.92 Å². The maximum atomic E-state index is 5.96. The summed E-state index contributed by atoms with van der Waals surface area (Å²) in [4.78, 5) is 2.75. The normalized spacial score (nSPS) is 40.0. The Morgan fingerprint density at radius 2 is 1.67 bits per heavy atom. The maximum absolute atomic E-state index is 5.96. The summed E-state index contributed by atoms with van der Waals surface area (Å²) in [7, 11) is 0. The summed E-state index contributed by atoms with van der Waals surface area (Å²) in [5.74, 6) is 0.945. The molecule has 1 saturated carbocycles. The van der Waals surface area contributed by atoms with Crippen LogP contribution in [0.4, 0.5) is 0 Å². The highest BCUT2D eigenvalue weighted by Crippen LogP contribution is 2.25. The van der Waals surface area contributed by atoms with E-state index in [1.54, 1.807) is 0 Å². The molecule has 0 bridgehead atoms. The topological polar surface area (TPSA) is 29.3 Å². The van der Waals surface area contributed by atoms with Gasteiger partial charge in [-0.05, 0) is 64.0 Å². The van der Waals surface area contributed by atoms with Gasteiger partial charge in [0.15, 0.2) is 0 Å². The first-order valence-corrected chi connectivity index (χ1v) is 6.75. The van der Waals surface area contributed by atoms with Gasteiger partial charge >= 0.3 is 0 Å². The summed E-state index contributed by atoms with van der Waals surface area (Å²) < 4.78 is 0. The first-order chi connectivity index (χ1) is 7.25. The number of nitrogens with two attached hydrogens (primary N) is 1. The van der Waals surface area contributed by atoms with Gasteiger partial charge in [0.05, 0.1) is 0 Å². The van der Waals surface area contributed by atoms with Crippen LogP contribution in [0.2, 0.25) is 0 Å². The van der Waals surface area contributed by atoms with Crippen molar-refractivity contribution in [1.82, 2.24) is 4.90 Å². The van der Waals surface area contributed by atoms with Gasteiger partial charge in [0.2, 0.25) is 0 Å². The van der Waals surface area contributed by atoms with E-state index in [0.717, 1.165) is 12.0 Å². The standard InChI is InChI=1S/C13H26N2/c1-11-3-2-9-15(10-8-11)13-6-4-12(14)5-7-13/h11-13H,2-10,14H2,1H3. The highest BCUT2D eigenvalue weighted by molar-refractivity contribution is 4.82. The van der Waals surface area contributed by atoms with Gasteiger partial charge in [-0.15, -0.1) is 0 Å². The Balaban J connectivity index is 1.82. The van der Waals surface area contributed by atoms with Gasteiger partial charge in [-0.2, -0.15) is 0 Å². The van der Waals surface area contributed by atoms with E-state index in [1.165, 1.54) is 58.0 Å². The van der Waals surface area contributed by atoms with E-state index in [9.17, 15) is 0 Å². The SMILES string of the molecule is CC1CCCN(C2CCC(N)CC2)CC1. The van der Waals surface area contributed by atoms with Crippen LogP contribution in [0.3, 0.4) is 0 Å². The second kappa shape index (κ2) is 5.31. The average Bonchev–Trinajstić information content (AvgIpc) is 2.44. The molecule has 15 heavy (non-hydrogen) atoms. The molecule has 0 aromatic rings. The highest BCUT2D eigenvalue weighted by Gasteiger charge is 2.25. The van der Waals surface area contributed by atoms with Crippen molar-refractivity contribution in [2.45, 2.75) is 64.0 Å². The Labute approximate surface area is 94.2 Å². The summed E-state index contributed by atoms with van der Waals surface area (Å²) >= 11 is 0. The maximum Gasteiger partial charge on any atom is 0.00964 e. The van der Waals surface area contributed by atoms with Crippen molar-refractivity contribution < 1.29 is 0 Å². The molecular weight excluding hydrogens is 184 g/mol. The first-order valence-electron chi connectivity index (χ1n) is 6.75. The molecule has 2 rings (SSSR count). The van der Waals surface area contributed by atoms with Crippen molar-refractivity contribution >= 4 is 0 Å². The zero-order chi connectivity index (χ0) is 10.7. The van der Waals surface area contributed by atoms with Gasteiger partial charge in [-0.3, -0.25) is 0 Å². The molecule has 2 aliphatic rings. The molecule has 0 amide bonds. The van der Waals surface area contributed by atoms with E-state index in [2.05, 4.69) is 11.8 Å². The smallest absolute Gasteiger partial charge is 0.00964 e. The lowest BCUT2D eigenvalue weighted by Crippen LogP contribution is -2.41. The monoisotopic (exact) mass is 210 g/mol. The average molecular weight is 210 g/mol. The van der Waals surface area contributed by atoms with Crippen molar-refractivity contribution in [3.63, 3.8) is 0 Å². The van der Waals surface area contributed by atoms with Crippen LogP contribution in [0.15, 0.2) is 0 Å². The van der Waals surface area contributed by atoms with E-state index in [0.29, 0.717) is 6.04 Å². The zero-order valence-corrected chi connectivity index (χ0v) is 10.1. The molecule has 0 aromatic carbocycles. The minimum absolute atomic E-state index is 0.493. The van der Waals surface area contributed by atoms with Gasteiger partial charge in [-0.25, -0.2) is 0 Å². The van der Waals surface area contributed by atoms with E-state index >= 15 is 0 Å². The van der Waals surface area contributed by atoms with E-state index < -0.39 is 0 Å².